The Hall–Kier alpha value is -1.88. The van der Waals surface area contributed by atoms with Gasteiger partial charge in [0.15, 0.2) is 0 Å². The highest BCUT2D eigenvalue weighted by atomic mass is 16.5. The molecular weight excluding hydrogens is 258 g/mol. The third-order valence-corrected chi connectivity index (χ3v) is 2.83. The SMILES string of the molecule is CCCOCCC(=O)NCC(C(=O)O)c1ccccc1. The van der Waals surface area contributed by atoms with E-state index in [-0.39, 0.29) is 18.9 Å². The van der Waals surface area contributed by atoms with Crippen LogP contribution in [0.2, 0.25) is 0 Å². The van der Waals surface area contributed by atoms with Gasteiger partial charge in [0, 0.05) is 19.6 Å². The molecule has 0 spiro atoms. The van der Waals surface area contributed by atoms with E-state index in [1.807, 2.05) is 13.0 Å². The van der Waals surface area contributed by atoms with Crippen molar-refractivity contribution in [1.82, 2.24) is 5.32 Å². The molecule has 0 aromatic heterocycles. The number of hydrogen-bond acceptors (Lipinski definition) is 3. The fraction of sp³-hybridized carbons (Fsp3) is 0.467. The Balaban J connectivity index is 2.40. The van der Waals surface area contributed by atoms with E-state index in [0.717, 1.165) is 6.42 Å². The first kappa shape index (κ1) is 16.2. The van der Waals surface area contributed by atoms with Crippen molar-refractivity contribution >= 4 is 11.9 Å². The predicted molar refractivity (Wildman–Crippen MR) is 75.6 cm³/mol. The first-order valence-corrected chi connectivity index (χ1v) is 6.77. The largest absolute Gasteiger partial charge is 0.481 e. The molecule has 1 rings (SSSR count). The predicted octanol–water partition coefficient (Wildman–Crippen LogP) is 1.79. The number of nitrogens with one attached hydrogen (secondary N) is 1. The van der Waals surface area contributed by atoms with Crippen LogP contribution in [0, 0.1) is 0 Å². The second-order valence-corrected chi connectivity index (χ2v) is 4.47. The molecule has 0 radical (unpaired) electrons. The van der Waals surface area contributed by atoms with E-state index in [4.69, 9.17) is 4.74 Å². The summed E-state index contributed by atoms with van der Waals surface area (Å²) in [6, 6.07) is 8.88. The molecule has 0 heterocycles. The van der Waals surface area contributed by atoms with Gasteiger partial charge in [-0.15, -0.1) is 0 Å². The van der Waals surface area contributed by atoms with Gasteiger partial charge in [-0.25, -0.2) is 0 Å². The zero-order valence-electron chi connectivity index (χ0n) is 11.7. The lowest BCUT2D eigenvalue weighted by atomic mass is 9.99. The van der Waals surface area contributed by atoms with E-state index in [1.54, 1.807) is 24.3 Å². The minimum atomic E-state index is -0.946. The molecule has 1 aromatic rings. The van der Waals surface area contributed by atoms with Gasteiger partial charge in [0.1, 0.15) is 0 Å². The molecule has 1 unspecified atom stereocenters. The van der Waals surface area contributed by atoms with Gasteiger partial charge in [-0.1, -0.05) is 37.3 Å². The fourth-order valence-corrected chi connectivity index (χ4v) is 1.75. The van der Waals surface area contributed by atoms with Crippen LogP contribution in [-0.2, 0) is 14.3 Å². The van der Waals surface area contributed by atoms with Crippen molar-refractivity contribution < 1.29 is 19.4 Å². The summed E-state index contributed by atoms with van der Waals surface area (Å²) in [5.74, 6) is -1.86. The van der Waals surface area contributed by atoms with Gasteiger partial charge in [-0.05, 0) is 12.0 Å². The molecular formula is C15H21NO4. The van der Waals surface area contributed by atoms with E-state index in [2.05, 4.69) is 5.32 Å². The summed E-state index contributed by atoms with van der Waals surface area (Å²) >= 11 is 0. The third-order valence-electron chi connectivity index (χ3n) is 2.83. The van der Waals surface area contributed by atoms with Crippen LogP contribution >= 0.6 is 0 Å². The van der Waals surface area contributed by atoms with Gasteiger partial charge in [-0.2, -0.15) is 0 Å². The summed E-state index contributed by atoms with van der Waals surface area (Å²) in [4.78, 5) is 22.8. The lowest BCUT2D eigenvalue weighted by Crippen LogP contribution is -2.32. The van der Waals surface area contributed by atoms with E-state index in [1.165, 1.54) is 0 Å². The second-order valence-electron chi connectivity index (χ2n) is 4.47. The Bertz CT molecular complexity index is 419. The summed E-state index contributed by atoms with van der Waals surface area (Å²) in [6.07, 6.45) is 1.16. The van der Waals surface area contributed by atoms with Crippen molar-refractivity contribution in [2.45, 2.75) is 25.7 Å². The van der Waals surface area contributed by atoms with Crippen LogP contribution in [-0.4, -0.2) is 36.7 Å². The van der Waals surface area contributed by atoms with Crippen LogP contribution < -0.4 is 5.32 Å². The van der Waals surface area contributed by atoms with Crippen LogP contribution in [0.15, 0.2) is 30.3 Å². The van der Waals surface area contributed by atoms with E-state index in [9.17, 15) is 14.7 Å². The summed E-state index contributed by atoms with van der Waals surface area (Å²) < 4.78 is 5.22. The molecule has 0 aliphatic carbocycles. The van der Waals surface area contributed by atoms with Crippen molar-refractivity contribution in [3.8, 4) is 0 Å². The monoisotopic (exact) mass is 279 g/mol. The number of benzene rings is 1. The van der Waals surface area contributed by atoms with Gasteiger partial charge < -0.3 is 15.2 Å². The van der Waals surface area contributed by atoms with Gasteiger partial charge in [0.2, 0.25) is 5.91 Å². The van der Waals surface area contributed by atoms with Crippen LogP contribution in [0.4, 0.5) is 0 Å². The zero-order valence-corrected chi connectivity index (χ0v) is 11.7. The Morgan fingerprint density at radius 2 is 1.95 bits per heavy atom. The molecule has 0 bridgehead atoms. The van der Waals surface area contributed by atoms with E-state index < -0.39 is 11.9 Å². The van der Waals surface area contributed by atoms with Crippen molar-refractivity contribution in [2.75, 3.05) is 19.8 Å². The van der Waals surface area contributed by atoms with Crippen LogP contribution in [0.5, 0.6) is 0 Å². The van der Waals surface area contributed by atoms with E-state index in [0.29, 0.717) is 18.8 Å². The molecule has 1 atom stereocenters. The van der Waals surface area contributed by atoms with Crippen molar-refractivity contribution in [1.29, 1.82) is 0 Å². The highest BCUT2D eigenvalue weighted by molar-refractivity contribution is 5.79. The number of rotatable bonds is 9. The third kappa shape index (κ3) is 5.84. The summed E-state index contributed by atoms with van der Waals surface area (Å²) in [5.41, 5.74) is 0.683. The molecule has 20 heavy (non-hydrogen) atoms. The minimum Gasteiger partial charge on any atom is -0.481 e. The average Bonchev–Trinajstić information content (AvgIpc) is 2.44. The number of amides is 1. The van der Waals surface area contributed by atoms with Gasteiger partial charge in [-0.3, -0.25) is 9.59 Å². The number of ether oxygens (including phenoxy) is 1. The normalized spacial score (nSPS) is 11.8. The smallest absolute Gasteiger partial charge is 0.312 e. The van der Waals surface area contributed by atoms with Crippen LogP contribution in [0.3, 0.4) is 0 Å². The average molecular weight is 279 g/mol. The van der Waals surface area contributed by atoms with E-state index >= 15 is 0 Å². The first-order valence-electron chi connectivity index (χ1n) is 6.77. The summed E-state index contributed by atoms with van der Waals surface area (Å²) in [7, 11) is 0. The number of carbonyl (C=O) groups excluding carboxylic acids is 1. The number of hydrogen-bond donors (Lipinski definition) is 2. The van der Waals surface area contributed by atoms with Gasteiger partial charge in [0.05, 0.1) is 12.5 Å². The maximum atomic E-state index is 11.6. The minimum absolute atomic E-state index is 0.0892. The van der Waals surface area contributed by atoms with Crippen LogP contribution in [0.25, 0.3) is 0 Å². The number of carboxylic acid groups (broad SMARTS) is 1. The molecule has 0 saturated heterocycles. The Kier molecular flexibility index (Phi) is 7.35. The molecule has 1 aromatic carbocycles. The highest BCUT2D eigenvalue weighted by Crippen LogP contribution is 2.14. The highest BCUT2D eigenvalue weighted by Gasteiger charge is 2.20. The number of carboxylic acids is 1. The lowest BCUT2D eigenvalue weighted by Gasteiger charge is -2.13. The molecule has 5 nitrogen and oxygen atoms in total. The van der Waals surface area contributed by atoms with Gasteiger partial charge in [0.25, 0.3) is 0 Å². The van der Waals surface area contributed by atoms with Gasteiger partial charge >= 0.3 is 5.97 Å². The molecule has 2 N–H and O–H groups in total. The lowest BCUT2D eigenvalue weighted by molar-refractivity contribution is -0.138. The topological polar surface area (TPSA) is 75.6 Å². The van der Waals surface area contributed by atoms with Crippen molar-refractivity contribution in [2.24, 2.45) is 0 Å². The molecule has 0 saturated carbocycles. The number of aliphatic carboxylic acids is 1. The molecule has 5 heteroatoms. The molecule has 0 fully saturated rings. The van der Waals surface area contributed by atoms with Crippen molar-refractivity contribution in [3.63, 3.8) is 0 Å². The zero-order chi connectivity index (χ0) is 14.8. The maximum Gasteiger partial charge on any atom is 0.312 e. The Labute approximate surface area is 118 Å². The van der Waals surface area contributed by atoms with Crippen LogP contribution in [0.1, 0.15) is 31.2 Å². The summed E-state index contributed by atoms with van der Waals surface area (Å²) in [5, 5.41) is 11.8. The van der Waals surface area contributed by atoms with Crippen molar-refractivity contribution in [3.05, 3.63) is 35.9 Å². The Morgan fingerprint density at radius 3 is 2.55 bits per heavy atom. The first-order chi connectivity index (χ1) is 9.65. The molecule has 110 valence electrons. The maximum absolute atomic E-state index is 11.6. The second kappa shape index (κ2) is 9.09. The standard InChI is InChI=1S/C15H21NO4/c1-2-9-20-10-8-14(17)16-11-13(15(18)19)12-6-4-3-5-7-12/h3-7,13H,2,8-11H2,1H3,(H,16,17)(H,18,19). The molecule has 1 amide bonds. The quantitative estimate of drug-likeness (QED) is 0.676. The number of carbonyl (C=O) groups is 2. The summed E-state index contributed by atoms with van der Waals surface area (Å²) in [6.45, 7) is 3.08. The Morgan fingerprint density at radius 1 is 1.25 bits per heavy atom. The fourth-order valence-electron chi connectivity index (χ4n) is 1.75. The molecule has 0 aliphatic rings. The molecule has 0 aliphatic heterocycles.